The third-order valence-electron chi connectivity index (χ3n) is 1.51. The molecule has 1 fully saturated rings. The van der Waals surface area contributed by atoms with Gasteiger partial charge in [0.2, 0.25) is 0 Å². The van der Waals surface area contributed by atoms with Crippen molar-refractivity contribution in [2.45, 2.75) is 6.48 Å². The zero-order chi connectivity index (χ0) is 8.23. The molecule has 0 atom stereocenters. The van der Waals surface area contributed by atoms with Crippen molar-refractivity contribution in [1.82, 2.24) is 0 Å². The molecule has 0 unspecified atom stereocenters. The van der Waals surface area contributed by atoms with Crippen LogP contribution in [0.25, 0.3) is 0 Å². The van der Waals surface area contributed by atoms with Gasteiger partial charge >= 0.3 is 6.48 Å². The average molecular weight is 165 g/mol. The lowest BCUT2D eigenvalue weighted by Crippen LogP contribution is -2.16. The predicted molar refractivity (Wildman–Crippen MR) is 41.6 cm³/mol. The van der Waals surface area contributed by atoms with Crippen LogP contribution in [0.2, 0.25) is 0 Å². The minimum absolute atomic E-state index is 0.535. The fourth-order valence-corrected chi connectivity index (χ4v) is 0.966. The average Bonchev–Trinajstić information content (AvgIpc) is 2.59. The van der Waals surface area contributed by atoms with Crippen LogP contribution in [0, 0.1) is 6.07 Å². The zero-order valence-corrected chi connectivity index (χ0v) is 6.53. The highest BCUT2D eigenvalue weighted by molar-refractivity contribution is 5.20. The molecule has 1 aromatic carbocycles. The summed E-state index contributed by atoms with van der Waals surface area (Å²) in [5.41, 5.74) is 0. The first-order valence-electron chi connectivity index (χ1n) is 3.81. The van der Waals surface area contributed by atoms with E-state index in [1.54, 1.807) is 12.1 Å². The molecule has 1 aliphatic heterocycles. The molecule has 0 aromatic heterocycles. The minimum Gasteiger partial charge on any atom is -0.441 e. The first-order valence-corrected chi connectivity index (χ1v) is 3.81. The molecule has 1 aromatic rings. The van der Waals surface area contributed by atoms with E-state index in [9.17, 15) is 0 Å². The van der Waals surface area contributed by atoms with E-state index in [-0.39, 0.29) is 0 Å². The van der Waals surface area contributed by atoms with Crippen LogP contribution in [0.3, 0.4) is 0 Å². The van der Waals surface area contributed by atoms with Gasteiger partial charge in [0.15, 0.2) is 0 Å². The van der Waals surface area contributed by atoms with E-state index in [0.29, 0.717) is 13.2 Å². The Bertz CT molecular complexity index is 229. The summed E-state index contributed by atoms with van der Waals surface area (Å²) in [5, 5.41) is 0. The van der Waals surface area contributed by atoms with Crippen molar-refractivity contribution in [3.8, 4) is 5.75 Å². The summed E-state index contributed by atoms with van der Waals surface area (Å²) < 4.78 is 15.5. The number of hydrogen-bond donors (Lipinski definition) is 0. The topological polar surface area (TPSA) is 27.7 Å². The fraction of sp³-hybridized carbons (Fsp3) is 0.333. The lowest BCUT2D eigenvalue weighted by Gasteiger charge is -2.10. The molecule has 1 heterocycles. The molecule has 3 nitrogen and oxygen atoms in total. The fourth-order valence-electron chi connectivity index (χ4n) is 0.966. The number of benzene rings is 1. The molecule has 0 bridgehead atoms. The molecular weight excluding hydrogens is 156 g/mol. The van der Waals surface area contributed by atoms with Crippen LogP contribution in [-0.4, -0.2) is 19.7 Å². The minimum atomic E-state index is -0.535. The van der Waals surface area contributed by atoms with E-state index in [4.69, 9.17) is 14.2 Å². The third-order valence-corrected chi connectivity index (χ3v) is 1.51. The molecule has 1 saturated heterocycles. The summed E-state index contributed by atoms with van der Waals surface area (Å²) in [6.07, 6.45) is 0. The first kappa shape index (κ1) is 7.58. The normalized spacial score (nSPS) is 18.0. The Morgan fingerprint density at radius 1 is 1.25 bits per heavy atom. The van der Waals surface area contributed by atoms with E-state index in [2.05, 4.69) is 6.07 Å². The van der Waals surface area contributed by atoms with Crippen molar-refractivity contribution in [3.63, 3.8) is 0 Å². The van der Waals surface area contributed by atoms with Gasteiger partial charge in [-0.3, -0.25) is 0 Å². The highest BCUT2D eigenvalue weighted by Gasteiger charge is 2.16. The van der Waals surface area contributed by atoms with Gasteiger partial charge in [-0.2, -0.15) is 0 Å². The third kappa shape index (κ3) is 1.75. The Morgan fingerprint density at radius 3 is 2.58 bits per heavy atom. The van der Waals surface area contributed by atoms with Crippen LogP contribution in [0.5, 0.6) is 5.75 Å². The maximum Gasteiger partial charge on any atom is 0.316 e. The molecular formula is C9H9O3. The van der Waals surface area contributed by atoms with Crippen molar-refractivity contribution < 1.29 is 14.2 Å². The Morgan fingerprint density at radius 2 is 1.92 bits per heavy atom. The van der Waals surface area contributed by atoms with E-state index in [1.165, 1.54) is 0 Å². The quantitative estimate of drug-likeness (QED) is 0.659. The van der Waals surface area contributed by atoms with Gasteiger partial charge in [-0.05, 0) is 18.2 Å². The lowest BCUT2D eigenvalue weighted by molar-refractivity contribution is -0.176. The highest BCUT2D eigenvalue weighted by Crippen LogP contribution is 2.13. The molecule has 12 heavy (non-hydrogen) atoms. The highest BCUT2D eigenvalue weighted by atomic mass is 16.9. The number of rotatable bonds is 2. The summed E-state index contributed by atoms with van der Waals surface area (Å²) >= 11 is 0. The van der Waals surface area contributed by atoms with E-state index in [1.807, 2.05) is 12.1 Å². The number of ether oxygens (including phenoxy) is 3. The SMILES string of the molecule is [c]1ccc(OC2OCCO2)cc1. The smallest absolute Gasteiger partial charge is 0.316 e. The second-order valence-electron chi connectivity index (χ2n) is 2.38. The molecule has 2 rings (SSSR count). The van der Waals surface area contributed by atoms with Crippen LogP contribution in [0.15, 0.2) is 24.3 Å². The van der Waals surface area contributed by atoms with Crippen LogP contribution >= 0.6 is 0 Å². The van der Waals surface area contributed by atoms with Crippen LogP contribution in [-0.2, 0) is 9.47 Å². The van der Waals surface area contributed by atoms with Crippen molar-refractivity contribution in [1.29, 1.82) is 0 Å². The van der Waals surface area contributed by atoms with Crippen molar-refractivity contribution in [2.24, 2.45) is 0 Å². The van der Waals surface area contributed by atoms with Gasteiger partial charge in [-0.1, -0.05) is 12.1 Å². The van der Waals surface area contributed by atoms with Crippen molar-refractivity contribution >= 4 is 0 Å². The van der Waals surface area contributed by atoms with E-state index >= 15 is 0 Å². The Labute approximate surface area is 70.9 Å². The van der Waals surface area contributed by atoms with Gasteiger partial charge in [-0.15, -0.1) is 0 Å². The van der Waals surface area contributed by atoms with Gasteiger partial charge in [0, 0.05) is 0 Å². The Kier molecular flexibility index (Phi) is 2.25. The molecule has 0 saturated carbocycles. The summed E-state index contributed by atoms with van der Waals surface area (Å²) in [6.45, 7) is 0.667. The lowest BCUT2D eigenvalue weighted by atomic mass is 10.3. The van der Waals surface area contributed by atoms with Gasteiger partial charge in [0.05, 0.1) is 13.2 Å². The van der Waals surface area contributed by atoms with Gasteiger partial charge in [0.1, 0.15) is 5.75 Å². The standard InChI is InChI=1S/C9H9O3/c1-2-4-8(5-3-1)12-9-10-6-7-11-9/h2-5,9H,6-7H2. The molecule has 0 amide bonds. The molecule has 63 valence electrons. The van der Waals surface area contributed by atoms with Gasteiger partial charge in [-0.25, -0.2) is 0 Å². The summed E-state index contributed by atoms with van der Waals surface area (Å²) in [6, 6.07) is 10.1. The second-order valence-corrected chi connectivity index (χ2v) is 2.38. The monoisotopic (exact) mass is 165 g/mol. The summed E-state index contributed by atoms with van der Waals surface area (Å²) in [4.78, 5) is 0. The first-order chi connectivity index (χ1) is 5.95. The molecule has 1 radical (unpaired) electrons. The Balaban J connectivity index is 1.94. The largest absolute Gasteiger partial charge is 0.441 e. The van der Waals surface area contributed by atoms with E-state index < -0.39 is 6.48 Å². The molecule has 0 aliphatic carbocycles. The molecule has 3 heteroatoms. The van der Waals surface area contributed by atoms with Crippen LogP contribution < -0.4 is 4.74 Å². The molecule has 1 aliphatic rings. The van der Waals surface area contributed by atoms with E-state index in [0.717, 1.165) is 5.75 Å². The van der Waals surface area contributed by atoms with Crippen molar-refractivity contribution in [3.05, 3.63) is 30.3 Å². The number of hydrogen-bond acceptors (Lipinski definition) is 3. The van der Waals surface area contributed by atoms with Gasteiger partial charge < -0.3 is 14.2 Å². The van der Waals surface area contributed by atoms with Crippen LogP contribution in [0.1, 0.15) is 0 Å². The zero-order valence-electron chi connectivity index (χ0n) is 6.53. The molecule has 0 N–H and O–H groups in total. The van der Waals surface area contributed by atoms with Crippen LogP contribution in [0.4, 0.5) is 0 Å². The van der Waals surface area contributed by atoms with Crippen molar-refractivity contribution in [2.75, 3.05) is 13.2 Å². The predicted octanol–water partition coefficient (Wildman–Crippen LogP) is 1.20. The van der Waals surface area contributed by atoms with Gasteiger partial charge in [0.25, 0.3) is 0 Å². The molecule has 0 spiro atoms. The maximum atomic E-state index is 5.31. The second kappa shape index (κ2) is 3.56. The maximum absolute atomic E-state index is 5.31. The Hall–Kier alpha value is -1.06. The summed E-state index contributed by atoms with van der Waals surface area (Å²) in [7, 11) is 0. The summed E-state index contributed by atoms with van der Waals surface area (Å²) in [5.74, 6) is 0.737.